The van der Waals surface area contributed by atoms with Crippen molar-refractivity contribution in [1.29, 1.82) is 0 Å². The quantitative estimate of drug-likeness (QED) is 0.547. The highest BCUT2D eigenvalue weighted by Gasteiger charge is 2.24. The summed E-state index contributed by atoms with van der Waals surface area (Å²) < 4.78 is 5.20. The Bertz CT molecular complexity index is 238. The van der Waals surface area contributed by atoms with Crippen molar-refractivity contribution in [3.63, 3.8) is 0 Å². The van der Waals surface area contributed by atoms with Crippen molar-refractivity contribution >= 4 is 5.97 Å². The van der Waals surface area contributed by atoms with Gasteiger partial charge in [-0.1, -0.05) is 27.2 Å². The van der Waals surface area contributed by atoms with Crippen LogP contribution in [0.4, 0.5) is 0 Å². The van der Waals surface area contributed by atoms with Crippen molar-refractivity contribution in [1.82, 2.24) is 4.90 Å². The molecule has 1 rings (SSSR count). The van der Waals surface area contributed by atoms with Gasteiger partial charge in [0, 0.05) is 0 Å². The Kier molecular flexibility index (Phi) is 5.96. The molecule has 0 aliphatic carbocycles. The van der Waals surface area contributed by atoms with Crippen molar-refractivity contribution in [2.75, 3.05) is 26.2 Å². The average Bonchev–Trinajstić information content (AvgIpc) is 2.41. The normalized spacial score (nSPS) is 20.9. The van der Waals surface area contributed by atoms with Crippen LogP contribution in [0.3, 0.4) is 0 Å². The van der Waals surface area contributed by atoms with Gasteiger partial charge in [0.25, 0.3) is 0 Å². The molecule has 17 heavy (non-hydrogen) atoms. The minimum atomic E-state index is -0.0573. The van der Waals surface area contributed by atoms with Gasteiger partial charge >= 0.3 is 5.97 Å². The second-order valence-corrected chi connectivity index (χ2v) is 5.87. The lowest BCUT2D eigenvalue weighted by Gasteiger charge is -2.22. The molecule has 1 heterocycles. The lowest BCUT2D eigenvalue weighted by Crippen LogP contribution is -2.32. The molecule has 100 valence electrons. The van der Waals surface area contributed by atoms with Gasteiger partial charge in [-0.05, 0) is 44.2 Å². The molecule has 1 fully saturated rings. The topological polar surface area (TPSA) is 29.5 Å². The lowest BCUT2D eigenvalue weighted by atomic mass is 9.85. The molecule has 0 aromatic carbocycles. The summed E-state index contributed by atoms with van der Waals surface area (Å²) in [6.45, 7) is 9.84. The van der Waals surface area contributed by atoms with E-state index in [-0.39, 0.29) is 5.97 Å². The first-order valence-corrected chi connectivity index (χ1v) is 6.91. The van der Waals surface area contributed by atoms with E-state index in [1.165, 1.54) is 19.3 Å². The summed E-state index contributed by atoms with van der Waals surface area (Å²) in [6, 6.07) is 0. The second-order valence-electron chi connectivity index (χ2n) is 5.87. The number of unbranched alkanes of at least 4 members (excludes halogenated alkanes) is 1. The molecule has 0 aromatic rings. The molecular weight excluding hydrogens is 214 g/mol. The predicted molar refractivity (Wildman–Crippen MR) is 69.9 cm³/mol. The number of ether oxygens (including phenoxy) is 1. The van der Waals surface area contributed by atoms with Crippen LogP contribution in [-0.2, 0) is 9.53 Å². The van der Waals surface area contributed by atoms with Crippen molar-refractivity contribution in [2.45, 2.75) is 52.9 Å². The maximum Gasteiger partial charge on any atom is 0.320 e. The first kappa shape index (κ1) is 14.5. The van der Waals surface area contributed by atoms with Crippen LogP contribution in [-0.4, -0.2) is 37.1 Å². The number of esters is 1. The number of rotatable bonds is 5. The highest BCUT2D eigenvalue weighted by atomic mass is 16.5. The van der Waals surface area contributed by atoms with Crippen LogP contribution in [0.1, 0.15) is 52.9 Å². The van der Waals surface area contributed by atoms with Gasteiger partial charge in [-0.15, -0.1) is 0 Å². The summed E-state index contributed by atoms with van der Waals surface area (Å²) in [7, 11) is 0. The Morgan fingerprint density at radius 1 is 1.29 bits per heavy atom. The molecular formula is C14H27NO2. The molecule has 1 saturated heterocycles. The zero-order chi connectivity index (χ0) is 12.7. The largest absolute Gasteiger partial charge is 0.465 e. The van der Waals surface area contributed by atoms with Crippen LogP contribution < -0.4 is 0 Å². The maximum atomic E-state index is 11.6. The van der Waals surface area contributed by atoms with Crippen LogP contribution in [0, 0.1) is 5.41 Å². The number of hydrogen-bond acceptors (Lipinski definition) is 3. The summed E-state index contributed by atoms with van der Waals surface area (Å²) in [5, 5.41) is 0. The molecule has 0 amide bonds. The number of likely N-dealkylation sites (tertiary alicyclic amines) is 1. The lowest BCUT2D eigenvalue weighted by molar-refractivity contribution is -0.145. The fraction of sp³-hybridized carbons (Fsp3) is 0.929. The molecule has 0 saturated carbocycles. The molecule has 1 aliphatic rings. The summed E-state index contributed by atoms with van der Waals surface area (Å²) in [5.41, 5.74) is 0.431. The highest BCUT2D eigenvalue weighted by molar-refractivity contribution is 5.71. The monoisotopic (exact) mass is 241 g/mol. The van der Waals surface area contributed by atoms with Crippen LogP contribution in [0.15, 0.2) is 0 Å². The molecule has 0 atom stereocenters. The zero-order valence-corrected chi connectivity index (χ0v) is 11.6. The molecule has 0 spiro atoms. The molecule has 3 heteroatoms. The standard InChI is InChI=1S/C14H27NO2/c1-4-5-11-17-13(16)12-15-9-6-7-14(2,3)8-10-15/h4-12H2,1-3H3. The molecule has 0 bridgehead atoms. The third-order valence-electron chi connectivity index (χ3n) is 3.55. The Morgan fingerprint density at radius 2 is 2.06 bits per heavy atom. The smallest absolute Gasteiger partial charge is 0.320 e. The second kappa shape index (κ2) is 7.00. The van der Waals surface area contributed by atoms with Crippen LogP contribution >= 0.6 is 0 Å². The third kappa shape index (κ3) is 6.06. The average molecular weight is 241 g/mol. The molecule has 3 nitrogen and oxygen atoms in total. The van der Waals surface area contributed by atoms with E-state index < -0.39 is 0 Å². The predicted octanol–water partition coefficient (Wildman–Crippen LogP) is 2.84. The third-order valence-corrected chi connectivity index (χ3v) is 3.55. The number of carbonyl (C=O) groups excluding carboxylic acids is 1. The zero-order valence-electron chi connectivity index (χ0n) is 11.6. The molecule has 1 aliphatic heterocycles. The van der Waals surface area contributed by atoms with E-state index in [9.17, 15) is 4.79 Å². The number of nitrogens with zero attached hydrogens (tertiary/aromatic N) is 1. The molecule has 0 aromatic heterocycles. The summed E-state index contributed by atoms with van der Waals surface area (Å²) >= 11 is 0. The van der Waals surface area contributed by atoms with Crippen molar-refractivity contribution in [3.8, 4) is 0 Å². The number of carbonyl (C=O) groups is 1. The van der Waals surface area contributed by atoms with Crippen molar-refractivity contribution in [2.24, 2.45) is 5.41 Å². The van der Waals surface area contributed by atoms with Gasteiger partial charge in [0.15, 0.2) is 0 Å². The van der Waals surface area contributed by atoms with Gasteiger partial charge in [-0.3, -0.25) is 9.69 Å². The fourth-order valence-electron chi connectivity index (χ4n) is 2.20. The van der Waals surface area contributed by atoms with Crippen LogP contribution in [0.25, 0.3) is 0 Å². The minimum absolute atomic E-state index is 0.0573. The highest BCUT2D eigenvalue weighted by Crippen LogP contribution is 2.29. The van der Waals surface area contributed by atoms with E-state index >= 15 is 0 Å². The SMILES string of the molecule is CCCCOC(=O)CN1CCCC(C)(C)CC1. The summed E-state index contributed by atoms with van der Waals surface area (Å²) in [6.07, 6.45) is 5.67. The molecule has 0 radical (unpaired) electrons. The van der Waals surface area contributed by atoms with E-state index in [0.29, 0.717) is 18.6 Å². The minimum Gasteiger partial charge on any atom is -0.465 e. The van der Waals surface area contributed by atoms with Gasteiger partial charge in [-0.25, -0.2) is 0 Å². The molecule has 0 N–H and O–H groups in total. The molecule has 0 unspecified atom stereocenters. The Labute approximate surface area is 106 Å². The Balaban J connectivity index is 2.24. The van der Waals surface area contributed by atoms with Gasteiger partial charge in [0.1, 0.15) is 0 Å². The van der Waals surface area contributed by atoms with E-state index in [4.69, 9.17) is 4.74 Å². The first-order valence-electron chi connectivity index (χ1n) is 6.91. The maximum absolute atomic E-state index is 11.6. The first-order chi connectivity index (χ1) is 8.03. The van der Waals surface area contributed by atoms with Crippen molar-refractivity contribution in [3.05, 3.63) is 0 Å². The van der Waals surface area contributed by atoms with E-state index in [0.717, 1.165) is 25.9 Å². The Morgan fingerprint density at radius 3 is 2.76 bits per heavy atom. The van der Waals surface area contributed by atoms with Gasteiger partial charge < -0.3 is 4.74 Å². The van der Waals surface area contributed by atoms with Gasteiger partial charge in [0.05, 0.1) is 13.2 Å². The van der Waals surface area contributed by atoms with Gasteiger partial charge in [0.2, 0.25) is 0 Å². The summed E-state index contributed by atoms with van der Waals surface area (Å²) in [5.74, 6) is -0.0573. The van der Waals surface area contributed by atoms with Crippen molar-refractivity contribution < 1.29 is 9.53 Å². The Hall–Kier alpha value is -0.570. The number of hydrogen-bond donors (Lipinski definition) is 0. The fourth-order valence-corrected chi connectivity index (χ4v) is 2.20. The van der Waals surface area contributed by atoms with E-state index in [1.807, 2.05) is 0 Å². The van der Waals surface area contributed by atoms with Crippen LogP contribution in [0.5, 0.6) is 0 Å². The van der Waals surface area contributed by atoms with Crippen LogP contribution in [0.2, 0.25) is 0 Å². The summed E-state index contributed by atoms with van der Waals surface area (Å²) in [4.78, 5) is 13.8. The van der Waals surface area contributed by atoms with E-state index in [2.05, 4.69) is 25.7 Å². The van der Waals surface area contributed by atoms with E-state index in [1.54, 1.807) is 0 Å². The van der Waals surface area contributed by atoms with Gasteiger partial charge in [-0.2, -0.15) is 0 Å².